The summed E-state index contributed by atoms with van der Waals surface area (Å²) in [6, 6.07) is 0.227. The third-order valence-corrected chi connectivity index (χ3v) is 4.53. The summed E-state index contributed by atoms with van der Waals surface area (Å²) in [5.41, 5.74) is 0.829. The number of piperidine rings is 2. The van der Waals surface area contributed by atoms with E-state index < -0.39 is 5.97 Å². The second kappa shape index (κ2) is 5.05. The van der Waals surface area contributed by atoms with Gasteiger partial charge in [0, 0.05) is 32.6 Å². The van der Waals surface area contributed by atoms with Gasteiger partial charge in [0.15, 0.2) is 0 Å². The molecule has 2 fully saturated rings. The van der Waals surface area contributed by atoms with E-state index >= 15 is 0 Å². The number of hydrogen-bond donors (Lipinski definition) is 2. The Morgan fingerprint density at radius 1 is 1.43 bits per heavy atom. The van der Waals surface area contributed by atoms with Crippen LogP contribution in [0, 0.1) is 12.8 Å². The van der Waals surface area contributed by atoms with Gasteiger partial charge in [-0.3, -0.25) is 9.48 Å². The molecule has 0 aliphatic carbocycles. The Balaban J connectivity index is 1.86. The number of carbonyl (C=O) groups excluding carboxylic acids is 1. The number of nitrogens with zero attached hydrogens (tertiary/aromatic N) is 3. The molecule has 3 rings (SSSR count). The maximum absolute atomic E-state index is 11.5. The summed E-state index contributed by atoms with van der Waals surface area (Å²) in [7, 11) is 1.78. The summed E-state index contributed by atoms with van der Waals surface area (Å²) in [6.07, 6.45) is 2.27. The van der Waals surface area contributed by atoms with Crippen LogP contribution in [0.2, 0.25) is 0 Å². The molecule has 0 saturated carbocycles. The quantitative estimate of drug-likeness (QED) is 0.830. The van der Waals surface area contributed by atoms with E-state index in [2.05, 4.69) is 15.3 Å². The number of nitrogens with one attached hydrogen (secondary N) is 1. The Morgan fingerprint density at radius 2 is 2.19 bits per heavy atom. The topological polar surface area (TPSA) is 87.5 Å². The third-order valence-electron chi connectivity index (χ3n) is 4.53. The van der Waals surface area contributed by atoms with Gasteiger partial charge in [-0.25, -0.2) is 4.79 Å². The normalized spacial score (nSPS) is 25.4. The molecule has 0 bridgehead atoms. The molecule has 2 N–H and O–H groups in total. The van der Waals surface area contributed by atoms with Crippen LogP contribution in [-0.4, -0.2) is 45.9 Å². The predicted molar refractivity (Wildman–Crippen MR) is 76.4 cm³/mol. The molecule has 7 nitrogen and oxygen atoms in total. The fourth-order valence-corrected chi connectivity index (χ4v) is 3.56. The van der Waals surface area contributed by atoms with Crippen LogP contribution >= 0.6 is 0 Å². The highest BCUT2D eigenvalue weighted by atomic mass is 16.4. The van der Waals surface area contributed by atoms with Crippen molar-refractivity contribution in [3.63, 3.8) is 0 Å². The largest absolute Gasteiger partial charge is 0.477 e. The maximum Gasteiger partial charge on any atom is 0.341 e. The summed E-state index contributed by atoms with van der Waals surface area (Å²) in [5, 5.41) is 16.7. The molecule has 0 aromatic carbocycles. The Kier molecular flexibility index (Phi) is 3.35. The number of carboxylic acids is 1. The summed E-state index contributed by atoms with van der Waals surface area (Å²) in [5.74, 6) is 0.255. The van der Waals surface area contributed by atoms with Crippen LogP contribution < -0.4 is 10.2 Å². The fraction of sp³-hybridized carbons (Fsp3) is 0.643. The molecule has 0 radical (unpaired) electrons. The molecule has 2 atom stereocenters. The summed E-state index contributed by atoms with van der Waals surface area (Å²) in [6.45, 7) is 3.23. The molecule has 2 saturated heterocycles. The Labute approximate surface area is 122 Å². The smallest absolute Gasteiger partial charge is 0.341 e. The van der Waals surface area contributed by atoms with E-state index in [1.165, 1.54) is 0 Å². The average molecular weight is 292 g/mol. The second-order valence-electron chi connectivity index (χ2n) is 5.92. The monoisotopic (exact) mass is 292 g/mol. The number of fused-ring (bicyclic) bond motifs is 1. The van der Waals surface area contributed by atoms with Crippen molar-refractivity contribution in [3.05, 3.63) is 11.3 Å². The number of rotatable bonds is 2. The lowest BCUT2D eigenvalue weighted by Gasteiger charge is -2.42. The number of carboxylic acid groups (broad SMARTS) is 1. The summed E-state index contributed by atoms with van der Waals surface area (Å²) < 4.78 is 1.65. The minimum absolute atomic E-state index is 0.132. The first-order valence-electron chi connectivity index (χ1n) is 7.28. The van der Waals surface area contributed by atoms with E-state index in [9.17, 15) is 14.7 Å². The zero-order chi connectivity index (χ0) is 15.1. The van der Waals surface area contributed by atoms with Gasteiger partial charge in [-0.1, -0.05) is 0 Å². The van der Waals surface area contributed by atoms with Crippen LogP contribution in [0.15, 0.2) is 0 Å². The van der Waals surface area contributed by atoms with Gasteiger partial charge in [-0.05, 0) is 25.7 Å². The van der Waals surface area contributed by atoms with Crippen LogP contribution in [0.1, 0.15) is 35.3 Å². The molecule has 1 aromatic heterocycles. The van der Waals surface area contributed by atoms with Crippen molar-refractivity contribution in [2.45, 2.75) is 32.2 Å². The van der Waals surface area contributed by atoms with Crippen molar-refractivity contribution in [2.75, 3.05) is 18.0 Å². The fourth-order valence-electron chi connectivity index (χ4n) is 3.56. The molecule has 1 aromatic rings. The lowest BCUT2D eigenvalue weighted by atomic mass is 9.85. The van der Waals surface area contributed by atoms with Crippen molar-refractivity contribution in [3.8, 4) is 0 Å². The molecule has 2 aliphatic heterocycles. The number of aromatic carboxylic acids is 1. The lowest BCUT2D eigenvalue weighted by Crippen LogP contribution is -2.54. The van der Waals surface area contributed by atoms with E-state index in [1.54, 1.807) is 18.7 Å². The van der Waals surface area contributed by atoms with Gasteiger partial charge in [0.2, 0.25) is 5.91 Å². The van der Waals surface area contributed by atoms with Crippen molar-refractivity contribution < 1.29 is 14.7 Å². The molecule has 3 heterocycles. The highest BCUT2D eigenvalue weighted by molar-refractivity contribution is 5.95. The molecule has 114 valence electrons. The highest BCUT2D eigenvalue weighted by Crippen LogP contribution is 2.31. The molecular formula is C14H20N4O3. The third kappa shape index (κ3) is 2.36. The van der Waals surface area contributed by atoms with Crippen LogP contribution in [0.3, 0.4) is 0 Å². The summed E-state index contributed by atoms with van der Waals surface area (Å²) >= 11 is 0. The van der Waals surface area contributed by atoms with Gasteiger partial charge in [0.05, 0.1) is 5.69 Å². The number of hydrogen-bond acceptors (Lipinski definition) is 4. The van der Waals surface area contributed by atoms with E-state index in [1.807, 2.05) is 0 Å². The average Bonchev–Trinajstić information content (AvgIpc) is 2.73. The second-order valence-corrected chi connectivity index (χ2v) is 5.92. The Bertz CT molecular complexity index is 595. The van der Waals surface area contributed by atoms with Gasteiger partial charge >= 0.3 is 5.97 Å². The number of aryl methyl sites for hydroxylation is 2. The molecular weight excluding hydrogens is 272 g/mol. The number of carbonyl (C=O) groups is 2. The van der Waals surface area contributed by atoms with Crippen LogP contribution in [-0.2, 0) is 11.8 Å². The van der Waals surface area contributed by atoms with Crippen LogP contribution in [0.4, 0.5) is 5.82 Å². The lowest BCUT2D eigenvalue weighted by molar-refractivity contribution is -0.124. The molecule has 0 spiro atoms. The van der Waals surface area contributed by atoms with Gasteiger partial charge in [0.1, 0.15) is 11.4 Å². The zero-order valence-corrected chi connectivity index (χ0v) is 12.3. The van der Waals surface area contributed by atoms with E-state index in [0.29, 0.717) is 23.9 Å². The van der Waals surface area contributed by atoms with Crippen molar-refractivity contribution in [1.29, 1.82) is 0 Å². The first-order valence-corrected chi connectivity index (χ1v) is 7.28. The molecule has 1 amide bonds. The number of aromatic nitrogens is 2. The standard InChI is InChI=1S/C14H20N4O3/c1-8-12(14(20)21)13(17(2)16-8)18-6-5-10-9(7-18)3-4-11(19)15-10/h9-10H,3-7H2,1-2H3,(H,15,19)(H,20,21). The van der Waals surface area contributed by atoms with Gasteiger partial charge in [0.25, 0.3) is 0 Å². The first kappa shape index (κ1) is 13.9. The number of amides is 1. The zero-order valence-electron chi connectivity index (χ0n) is 12.3. The van der Waals surface area contributed by atoms with Gasteiger partial charge in [-0.2, -0.15) is 5.10 Å². The molecule has 2 unspecified atom stereocenters. The minimum Gasteiger partial charge on any atom is -0.477 e. The van der Waals surface area contributed by atoms with E-state index in [0.717, 1.165) is 25.9 Å². The highest BCUT2D eigenvalue weighted by Gasteiger charge is 2.36. The number of anilines is 1. The van der Waals surface area contributed by atoms with E-state index in [-0.39, 0.29) is 17.5 Å². The maximum atomic E-state index is 11.5. The molecule has 2 aliphatic rings. The molecule has 21 heavy (non-hydrogen) atoms. The Morgan fingerprint density at radius 3 is 2.90 bits per heavy atom. The van der Waals surface area contributed by atoms with Crippen LogP contribution in [0.25, 0.3) is 0 Å². The predicted octanol–water partition coefficient (Wildman–Crippen LogP) is 0.532. The van der Waals surface area contributed by atoms with Gasteiger partial charge in [-0.15, -0.1) is 0 Å². The van der Waals surface area contributed by atoms with Crippen LogP contribution in [0.5, 0.6) is 0 Å². The van der Waals surface area contributed by atoms with E-state index in [4.69, 9.17) is 0 Å². The minimum atomic E-state index is -0.935. The van der Waals surface area contributed by atoms with Gasteiger partial charge < -0.3 is 15.3 Å². The van der Waals surface area contributed by atoms with Crippen molar-refractivity contribution in [1.82, 2.24) is 15.1 Å². The SMILES string of the molecule is Cc1nn(C)c(N2CCC3NC(=O)CCC3C2)c1C(=O)O. The van der Waals surface area contributed by atoms with Crippen molar-refractivity contribution >= 4 is 17.7 Å². The molecule has 7 heteroatoms. The Hall–Kier alpha value is -2.05. The van der Waals surface area contributed by atoms with Crippen molar-refractivity contribution in [2.24, 2.45) is 13.0 Å². The first-order chi connectivity index (χ1) is 9.97. The summed E-state index contributed by atoms with van der Waals surface area (Å²) in [4.78, 5) is 25.0.